The summed E-state index contributed by atoms with van der Waals surface area (Å²) in [5, 5.41) is 0. The van der Waals surface area contributed by atoms with Crippen LogP contribution < -0.4 is 0 Å². The molecule has 0 unspecified atom stereocenters. The molecule has 0 spiro atoms. The Kier molecular flexibility index (Phi) is 3.10. The number of halogens is 1. The Balaban J connectivity index is 2.20. The number of hydrogen-bond donors (Lipinski definition) is 0. The summed E-state index contributed by atoms with van der Waals surface area (Å²) < 4.78 is 0. The third kappa shape index (κ3) is 1.81. The van der Waals surface area contributed by atoms with Crippen molar-refractivity contribution in [1.29, 1.82) is 0 Å². The summed E-state index contributed by atoms with van der Waals surface area (Å²) >= 11 is 3.44. The second-order valence-electron chi connectivity index (χ2n) is 4.77. The van der Waals surface area contributed by atoms with Gasteiger partial charge in [-0.25, -0.2) is 0 Å². The summed E-state index contributed by atoms with van der Waals surface area (Å²) in [6.45, 7) is 2.24. The Hall–Kier alpha value is -0.110. The fourth-order valence-electron chi connectivity index (χ4n) is 3.14. The number of allylic oxidation sites excluding steroid dienone is 1. The third-order valence-corrected chi connectivity index (χ3v) is 4.45. The number of hydrogen-bond acceptors (Lipinski definition) is 1. The van der Waals surface area contributed by atoms with Crippen molar-refractivity contribution in [2.75, 3.05) is 0 Å². The van der Waals surface area contributed by atoms with Gasteiger partial charge < -0.3 is 0 Å². The molecule has 14 heavy (non-hydrogen) atoms. The van der Waals surface area contributed by atoms with Crippen LogP contribution in [0.5, 0.6) is 0 Å². The Bertz CT molecular complexity index is 269. The van der Waals surface area contributed by atoms with Crippen LogP contribution in [0.4, 0.5) is 0 Å². The van der Waals surface area contributed by atoms with Gasteiger partial charge in [-0.3, -0.25) is 4.79 Å². The van der Waals surface area contributed by atoms with Crippen LogP contribution in [0, 0.1) is 17.8 Å². The van der Waals surface area contributed by atoms with Gasteiger partial charge in [0, 0.05) is 12.8 Å². The van der Waals surface area contributed by atoms with Gasteiger partial charge in [0.1, 0.15) is 5.78 Å². The van der Waals surface area contributed by atoms with Crippen LogP contribution in [-0.4, -0.2) is 5.78 Å². The normalized spacial score (nSPS) is 41.1. The number of Topliss-reactive ketones (excluding diaryl/α,β-unsaturated/α-hetero) is 1. The van der Waals surface area contributed by atoms with Gasteiger partial charge in [-0.1, -0.05) is 28.4 Å². The average molecular weight is 257 g/mol. The summed E-state index contributed by atoms with van der Waals surface area (Å²) in [6, 6.07) is 0. The van der Waals surface area contributed by atoms with E-state index in [0.29, 0.717) is 17.6 Å². The predicted octanol–water partition coefficient (Wildman–Crippen LogP) is 3.68. The van der Waals surface area contributed by atoms with Crippen LogP contribution in [0.25, 0.3) is 0 Å². The van der Waals surface area contributed by atoms with E-state index in [4.69, 9.17) is 0 Å². The van der Waals surface area contributed by atoms with E-state index in [1.54, 1.807) is 0 Å². The van der Waals surface area contributed by atoms with Crippen LogP contribution in [0.1, 0.15) is 39.0 Å². The van der Waals surface area contributed by atoms with Gasteiger partial charge in [0.15, 0.2) is 0 Å². The summed E-state index contributed by atoms with van der Waals surface area (Å²) in [4.78, 5) is 13.6. The molecule has 2 rings (SSSR count). The molecular formula is C12H17BrO. The van der Waals surface area contributed by atoms with Gasteiger partial charge in [0.05, 0.1) is 0 Å². The first-order valence-electron chi connectivity index (χ1n) is 5.53. The molecule has 0 aromatic carbocycles. The standard InChI is InChI=1S/C12H17BrO/c1-8-5-10(14)6-12-9(7-13)3-2-4-11(8)12/h7-8,11-12H,2-6H2,1H3/b9-7+/t8-,11+,12-/m0/s1. The van der Waals surface area contributed by atoms with Gasteiger partial charge in [0.2, 0.25) is 0 Å². The van der Waals surface area contributed by atoms with E-state index in [1.165, 1.54) is 24.8 Å². The van der Waals surface area contributed by atoms with E-state index in [0.717, 1.165) is 18.8 Å². The zero-order valence-electron chi connectivity index (χ0n) is 8.63. The third-order valence-electron chi connectivity index (χ3n) is 3.86. The summed E-state index contributed by atoms with van der Waals surface area (Å²) in [6.07, 6.45) is 5.43. The van der Waals surface area contributed by atoms with Gasteiger partial charge in [0.25, 0.3) is 0 Å². The lowest BCUT2D eigenvalue weighted by atomic mass is 9.64. The smallest absolute Gasteiger partial charge is 0.133 e. The Labute approximate surface area is 94.1 Å². The fourth-order valence-corrected chi connectivity index (χ4v) is 3.71. The number of carbonyl (C=O) groups excluding carboxylic acids is 1. The van der Waals surface area contributed by atoms with Gasteiger partial charge in [-0.05, 0) is 42.0 Å². The van der Waals surface area contributed by atoms with E-state index < -0.39 is 0 Å². The van der Waals surface area contributed by atoms with Crippen LogP contribution >= 0.6 is 15.9 Å². The molecule has 2 aliphatic rings. The van der Waals surface area contributed by atoms with E-state index in [9.17, 15) is 4.79 Å². The minimum Gasteiger partial charge on any atom is -0.300 e. The number of carbonyl (C=O) groups is 1. The SMILES string of the molecule is C[C@H]1CC(=O)C[C@H]2/C(=C/Br)CCC[C@H]12. The van der Waals surface area contributed by atoms with E-state index in [1.807, 2.05) is 0 Å². The molecule has 0 aliphatic heterocycles. The lowest BCUT2D eigenvalue weighted by Crippen LogP contribution is -2.35. The lowest BCUT2D eigenvalue weighted by molar-refractivity contribution is -0.124. The Morgan fingerprint density at radius 2 is 2.21 bits per heavy atom. The van der Waals surface area contributed by atoms with Crippen molar-refractivity contribution < 1.29 is 4.79 Å². The highest BCUT2D eigenvalue weighted by Gasteiger charge is 2.38. The zero-order chi connectivity index (χ0) is 10.1. The molecule has 0 N–H and O–H groups in total. The number of ketones is 1. The molecule has 2 heteroatoms. The molecule has 0 amide bonds. The summed E-state index contributed by atoms with van der Waals surface area (Å²) in [5.74, 6) is 2.39. The highest BCUT2D eigenvalue weighted by Crippen LogP contribution is 2.45. The number of rotatable bonds is 0. The van der Waals surface area contributed by atoms with Crippen LogP contribution in [0.3, 0.4) is 0 Å². The first-order chi connectivity index (χ1) is 6.72. The molecule has 0 bridgehead atoms. The molecule has 0 heterocycles. The van der Waals surface area contributed by atoms with E-state index in [2.05, 4.69) is 27.8 Å². The van der Waals surface area contributed by atoms with Crippen molar-refractivity contribution in [3.63, 3.8) is 0 Å². The molecule has 0 radical (unpaired) electrons. The number of fused-ring (bicyclic) bond motifs is 1. The molecular weight excluding hydrogens is 240 g/mol. The molecule has 78 valence electrons. The van der Waals surface area contributed by atoms with Crippen molar-refractivity contribution >= 4 is 21.7 Å². The molecule has 2 fully saturated rings. The minimum absolute atomic E-state index is 0.465. The molecule has 1 nitrogen and oxygen atoms in total. The average Bonchev–Trinajstić information content (AvgIpc) is 2.17. The molecule has 2 saturated carbocycles. The van der Waals surface area contributed by atoms with Crippen LogP contribution in [-0.2, 0) is 4.79 Å². The monoisotopic (exact) mass is 256 g/mol. The van der Waals surface area contributed by atoms with Gasteiger partial charge >= 0.3 is 0 Å². The predicted molar refractivity (Wildman–Crippen MR) is 61.2 cm³/mol. The maximum Gasteiger partial charge on any atom is 0.133 e. The van der Waals surface area contributed by atoms with Crippen molar-refractivity contribution in [1.82, 2.24) is 0 Å². The van der Waals surface area contributed by atoms with Gasteiger partial charge in [-0.15, -0.1) is 0 Å². The first-order valence-corrected chi connectivity index (χ1v) is 6.44. The van der Waals surface area contributed by atoms with Crippen molar-refractivity contribution in [2.24, 2.45) is 17.8 Å². The highest BCUT2D eigenvalue weighted by molar-refractivity contribution is 9.11. The van der Waals surface area contributed by atoms with Crippen molar-refractivity contribution in [2.45, 2.75) is 39.0 Å². The molecule has 2 aliphatic carbocycles. The Morgan fingerprint density at radius 3 is 2.93 bits per heavy atom. The molecule has 0 aromatic rings. The highest BCUT2D eigenvalue weighted by atomic mass is 79.9. The summed E-state index contributed by atoms with van der Waals surface area (Å²) in [7, 11) is 0. The second kappa shape index (κ2) is 4.18. The van der Waals surface area contributed by atoms with Gasteiger partial charge in [-0.2, -0.15) is 0 Å². The molecule has 0 aromatic heterocycles. The lowest BCUT2D eigenvalue weighted by Gasteiger charge is -2.40. The fraction of sp³-hybridized carbons (Fsp3) is 0.750. The van der Waals surface area contributed by atoms with Crippen molar-refractivity contribution in [3.8, 4) is 0 Å². The summed E-state index contributed by atoms with van der Waals surface area (Å²) in [5.41, 5.74) is 1.47. The second-order valence-corrected chi connectivity index (χ2v) is 5.23. The zero-order valence-corrected chi connectivity index (χ0v) is 10.2. The Morgan fingerprint density at radius 1 is 1.43 bits per heavy atom. The quantitative estimate of drug-likeness (QED) is 0.647. The topological polar surface area (TPSA) is 17.1 Å². The molecule has 3 atom stereocenters. The maximum atomic E-state index is 11.5. The largest absolute Gasteiger partial charge is 0.300 e. The van der Waals surface area contributed by atoms with Crippen LogP contribution in [0.2, 0.25) is 0 Å². The first kappa shape index (κ1) is 10.4. The minimum atomic E-state index is 0.465. The van der Waals surface area contributed by atoms with Crippen LogP contribution in [0.15, 0.2) is 10.6 Å². The van der Waals surface area contributed by atoms with E-state index >= 15 is 0 Å². The van der Waals surface area contributed by atoms with Crippen molar-refractivity contribution in [3.05, 3.63) is 10.6 Å². The maximum absolute atomic E-state index is 11.5. The van der Waals surface area contributed by atoms with E-state index in [-0.39, 0.29) is 0 Å². The molecule has 0 saturated heterocycles.